The number of terminal acetylenes is 1. The molecule has 1 saturated heterocycles. The topological polar surface area (TPSA) is 3.24 Å². The number of hydrogen-bond donors (Lipinski definition) is 0. The summed E-state index contributed by atoms with van der Waals surface area (Å²) in [6.07, 6.45) is 1.81. The lowest BCUT2D eigenvalue weighted by Crippen LogP contribution is -2.41. The summed E-state index contributed by atoms with van der Waals surface area (Å²) >= 11 is 0. The van der Waals surface area contributed by atoms with Gasteiger partial charge in [0.15, 0.2) is 0 Å². The van der Waals surface area contributed by atoms with Crippen molar-refractivity contribution in [3.63, 3.8) is 0 Å². The van der Waals surface area contributed by atoms with E-state index in [0.29, 0.717) is 19.5 Å². The highest BCUT2D eigenvalue weighted by Crippen LogP contribution is 2.32. The Morgan fingerprint density at radius 2 is 2.15 bits per heavy atom. The average Bonchev–Trinajstić information content (AvgIpc) is 2.04. The summed E-state index contributed by atoms with van der Waals surface area (Å²) in [5.41, 5.74) is 0. The third kappa shape index (κ3) is 2.92. The molecule has 1 rings (SSSR count). The van der Waals surface area contributed by atoms with Crippen molar-refractivity contribution < 1.29 is 13.2 Å². The maximum atomic E-state index is 12.3. The normalized spacial score (nSPS) is 25.5. The van der Waals surface area contributed by atoms with E-state index in [2.05, 4.69) is 5.92 Å². The number of nitrogens with zero attached hydrogens (tertiary/aromatic N) is 1. The molecule has 0 aliphatic carbocycles. The zero-order chi connectivity index (χ0) is 9.90. The molecule has 1 atom stereocenters. The standard InChI is InChI=1S/C9H12F3N/c1-2-5-13-6-3-4-8(7-13)9(10,11)12/h1,8H,3-7H2. The fraction of sp³-hybridized carbons (Fsp3) is 0.778. The second kappa shape index (κ2) is 4.01. The van der Waals surface area contributed by atoms with Crippen molar-refractivity contribution in [2.75, 3.05) is 19.6 Å². The fourth-order valence-corrected chi connectivity index (χ4v) is 1.60. The molecule has 1 aliphatic rings. The van der Waals surface area contributed by atoms with Gasteiger partial charge in [0.1, 0.15) is 0 Å². The first-order chi connectivity index (χ1) is 6.04. The lowest BCUT2D eigenvalue weighted by atomic mass is 9.98. The number of rotatable bonds is 1. The number of likely N-dealkylation sites (tertiary alicyclic amines) is 1. The van der Waals surface area contributed by atoms with Crippen LogP contribution >= 0.6 is 0 Å². The molecule has 1 nitrogen and oxygen atoms in total. The summed E-state index contributed by atoms with van der Waals surface area (Å²) in [7, 11) is 0. The van der Waals surface area contributed by atoms with Gasteiger partial charge in [-0.25, -0.2) is 0 Å². The minimum absolute atomic E-state index is 0.0632. The summed E-state index contributed by atoms with van der Waals surface area (Å²) < 4.78 is 36.8. The maximum absolute atomic E-state index is 12.3. The molecule has 0 bridgehead atoms. The molecule has 0 amide bonds. The Morgan fingerprint density at radius 1 is 1.46 bits per heavy atom. The number of hydrogen-bond acceptors (Lipinski definition) is 1. The second-order valence-electron chi connectivity index (χ2n) is 3.32. The van der Waals surface area contributed by atoms with Crippen molar-refractivity contribution in [3.05, 3.63) is 0 Å². The molecule has 74 valence electrons. The maximum Gasteiger partial charge on any atom is 0.393 e. The molecular formula is C9H12F3N. The van der Waals surface area contributed by atoms with Gasteiger partial charge in [0.05, 0.1) is 12.5 Å². The van der Waals surface area contributed by atoms with E-state index < -0.39 is 12.1 Å². The Morgan fingerprint density at radius 3 is 2.69 bits per heavy atom. The van der Waals surface area contributed by atoms with Crippen LogP contribution in [-0.4, -0.2) is 30.7 Å². The van der Waals surface area contributed by atoms with Crippen LogP contribution in [0, 0.1) is 18.3 Å². The van der Waals surface area contributed by atoms with E-state index in [1.54, 1.807) is 4.90 Å². The van der Waals surface area contributed by atoms with Crippen LogP contribution in [0.15, 0.2) is 0 Å². The van der Waals surface area contributed by atoms with Gasteiger partial charge in [-0.15, -0.1) is 6.42 Å². The molecule has 0 aromatic carbocycles. The molecule has 1 heterocycles. The number of piperidine rings is 1. The minimum atomic E-state index is -4.06. The average molecular weight is 191 g/mol. The van der Waals surface area contributed by atoms with Crippen molar-refractivity contribution >= 4 is 0 Å². The Kier molecular flexibility index (Phi) is 3.21. The quantitative estimate of drug-likeness (QED) is 0.572. The third-order valence-corrected chi connectivity index (χ3v) is 2.28. The molecule has 4 heteroatoms. The highest BCUT2D eigenvalue weighted by atomic mass is 19.4. The number of halogens is 3. The Bertz CT molecular complexity index is 204. The molecule has 1 unspecified atom stereocenters. The van der Waals surface area contributed by atoms with Crippen LogP contribution in [0.3, 0.4) is 0 Å². The first kappa shape index (κ1) is 10.4. The lowest BCUT2D eigenvalue weighted by Gasteiger charge is -2.32. The van der Waals surface area contributed by atoms with Crippen LogP contribution in [0.4, 0.5) is 13.2 Å². The van der Waals surface area contributed by atoms with Gasteiger partial charge < -0.3 is 0 Å². The summed E-state index contributed by atoms with van der Waals surface area (Å²) in [4.78, 5) is 1.68. The van der Waals surface area contributed by atoms with Crippen molar-refractivity contribution in [3.8, 4) is 12.3 Å². The monoisotopic (exact) mass is 191 g/mol. The third-order valence-electron chi connectivity index (χ3n) is 2.28. The Hall–Kier alpha value is -0.690. The summed E-state index contributed by atoms with van der Waals surface area (Å²) in [5, 5.41) is 0. The van der Waals surface area contributed by atoms with E-state index in [4.69, 9.17) is 6.42 Å². The van der Waals surface area contributed by atoms with Crippen LogP contribution in [-0.2, 0) is 0 Å². The minimum Gasteiger partial charge on any atom is -0.292 e. The first-order valence-corrected chi connectivity index (χ1v) is 4.26. The largest absolute Gasteiger partial charge is 0.393 e. The van der Waals surface area contributed by atoms with E-state index in [9.17, 15) is 13.2 Å². The van der Waals surface area contributed by atoms with Gasteiger partial charge in [0, 0.05) is 6.54 Å². The highest BCUT2D eigenvalue weighted by Gasteiger charge is 2.41. The molecule has 0 aromatic rings. The van der Waals surface area contributed by atoms with E-state index in [1.165, 1.54) is 0 Å². The van der Waals surface area contributed by atoms with Gasteiger partial charge in [-0.1, -0.05) is 5.92 Å². The summed E-state index contributed by atoms with van der Waals surface area (Å²) in [5.74, 6) is 1.18. The van der Waals surface area contributed by atoms with Crippen molar-refractivity contribution in [2.45, 2.75) is 19.0 Å². The van der Waals surface area contributed by atoms with Gasteiger partial charge in [-0.2, -0.15) is 13.2 Å². The van der Waals surface area contributed by atoms with Crippen LogP contribution in [0.5, 0.6) is 0 Å². The van der Waals surface area contributed by atoms with Gasteiger partial charge in [0.2, 0.25) is 0 Å². The van der Waals surface area contributed by atoms with Gasteiger partial charge in [-0.05, 0) is 19.4 Å². The molecule has 0 spiro atoms. The molecule has 0 radical (unpaired) electrons. The number of alkyl halides is 3. The van der Waals surface area contributed by atoms with Crippen molar-refractivity contribution in [1.82, 2.24) is 4.90 Å². The summed E-state index contributed by atoms with van der Waals surface area (Å²) in [6.45, 7) is 1.08. The Labute approximate surface area is 75.9 Å². The second-order valence-corrected chi connectivity index (χ2v) is 3.32. The van der Waals surface area contributed by atoms with E-state index in [-0.39, 0.29) is 13.0 Å². The van der Waals surface area contributed by atoms with Gasteiger partial charge >= 0.3 is 6.18 Å². The van der Waals surface area contributed by atoms with E-state index >= 15 is 0 Å². The van der Waals surface area contributed by atoms with Gasteiger partial charge in [-0.3, -0.25) is 4.90 Å². The van der Waals surface area contributed by atoms with Crippen LogP contribution in [0.2, 0.25) is 0 Å². The molecule has 0 aromatic heterocycles. The zero-order valence-corrected chi connectivity index (χ0v) is 7.27. The molecular weight excluding hydrogens is 179 g/mol. The Balaban J connectivity index is 2.48. The predicted molar refractivity (Wildman–Crippen MR) is 44.1 cm³/mol. The van der Waals surface area contributed by atoms with E-state index in [1.807, 2.05) is 0 Å². The van der Waals surface area contributed by atoms with Crippen molar-refractivity contribution in [1.29, 1.82) is 0 Å². The van der Waals surface area contributed by atoms with Gasteiger partial charge in [0.25, 0.3) is 0 Å². The fourth-order valence-electron chi connectivity index (χ4n) is 1.60. The lowest BCUT2D eigenvalue weighted by molar-refractivity contribution is -0.186. The smallest absolute Gasteiger partial charge is 0.292 e. The zero-order valence-electron chi connectivity index (χ0n) is 7.27. The van der Waals surface area contributed by atoms with Crippen LogP contribution < -0.4 is 0 Å². The highest BCUT2D eigenvalue weighted by molar-refractivity contribution is 4.90. The molecule has 0 N–H and O–H groups in total. The predicted octanol–water partition coefficient (Wildman–Crippen LogP) is 1.89. The molecule has 0 saturated carbocycles. The first-order valence-electron chi connectivity index (χ1n) is 4.26. The van der Waals surface area contributed by atoms with Crippen LogP contribution in [0.25, 0.3) is 0 Å². The summed E-state index contributed by atoms with van der Waals surface area (Å²) in [6, 6.07) is 0. The molecule has 13 heavy (non-hydrogen) atoms. The van der Waals surface area contributed by atoms with E-state index in [0.717, 1.165) is 0 Å². The molecule has 1 aliphatic heterocycles. The SMILES string of the molecule is C#CCN1CCCC(C(F)(F)F)C1. The van der Waals surface area contributed by atoms with Crippen molar-refractivity contribution in [2.24, 2.45) is 5.92 Å². The van der Waals surface area contributed by atoms with Crippen LogP contribution in [0.1, 0.15) is 12.8 Å². The molecule has 1 fully saturated rings.